The number of para-hydroxylation sites is 1. The van der Waals surface area contributed by atoms with Crippen molar-refractivity contribution in [2.24, 2.45) is 5.14 Å². The van der Waals surface area contributed by atoms with Crippen molar-refractivity contribution in [3.05, 3.63) is 89.5 Å². The van der Waals surface area contributed by atoms with Crippen LogP contribution in [0, 0.1) is 6.92 Å². The third-order valence-electron chi connectivity index (χ3n) is 4.82. The molecule has 1 amide bonds. The number of benzene rings is 3. The van der Waals surface area contributed by atoms with E-state index in [9.17, 15) is 13.2 Å². The van der Waals surface area contributed by atoms with Crippen LogP contribution in [-0.2, 0) is 27.8 Å². The molecule has 7 nitrogen and oxygen atoms in total. The number of sulfonamides is 1. The number of hydrogen-bond donors (Lipinski definition) is 3. The first kappa shape index (κ1) is 23.5. The van der Waals surface area contributed by atoms with E-state index in [1.807, 2.05) is 55.5 Å². The van der Waals surface area contributed by atoms with Crippen molar-refractivity contribution in [1.82, 2.24) is 5.32 Å². The van der Waals surface area contributed by atoms with E-state index < -0.39 is 10.0 Å². The van der Waals surface area contributed by atoms with Crippen molar-refractivity contribution >= 4 is 21.6 Å². The van der Waals surface area contributed by atoms with Crippen LogP contribution in [-0.4, -0.2) is 27.5 Å². The molecule has 0 aromatic heterocycles. The fraction of sp³-hybridized carbons (Fsp3) is 0.208. The van der Waals surface area contributed by atoms with E-state index in [2.05, 4.69) is 10.6 Å². The minimum absolute atomic E-state index is 0.0821. The summed E-state index contributed by atoms with van der Waals surface area (Å²) in [5.74, 6) is 0.427. The summed E-state index contributed by atoms with van der Waals surface area (Å²) in [7, 11) is -3.67. The van der Waals surface area contributed by atoms with E-state index in [1.165, 1.54) is 12.1 Å². The van der Waals surface area contributed by atoms with Crippen molar-refractivity contribution in [3.63, 3.8) is 0 Å². The number of nitrogens with two attached hydrogens (primary N) is 1. The number of rotatable bonds is 10. The quantitative estimate of drug-likeness (QED) is 0.409. The molecular formula is C24H27N3O4S. The number of hydrogen-bond acceptors (Lipinski definition) is 5. The zero-order valence-electron chi connectivity index (χ0n) is 17.9. The maximum Gasteiger partial charge on any atom is 0.262 e. The first-order chi connectivity index (χ1) is 15.3. The summed E-state index contributed by atoms with van der Waals surface area (Å²) >= 11 is 0. The lowest BCUT2D eigenvalue weighted by molar-refractivity contribution is -0.118. The van der Waals surface area contributed by atoms with Crippen molar-refractivity contribution < 1.29 is 17.9 Å². The van der Waals surface area contributed by atoms with Crippen LogP contribution in [0.25, 0.3) is 0 Å². The lowest BCUT2D eigenvalue weighted by atomic mass is 10.1. The second-order valence-electron chi connectivity index (χ2n) is 7.43. The smallest absolute Gasteiger partial charge is 0.262 e. The molecule has 0 bridgehead atoms. The maximum absolute atomic E-state index is 12.2. The molecule has 0 spiro atoms. The van der Waals surface area contributed by atoms with Crippen LogP contribution in [0.15, 0.2) is 77.7 Å². The normalized spacial score (nSPS) is 11.2. The summed E-state index contributed by atoms with van der Waals surface area (Å²) in [4.78, 5) is 12.3. The van der Waals surface area contributed by atoms with Crippen LogP contribution in [0.5, 0.6) is 5.75 Å². The predicted molar refractivity (Wildman–Crippen MR) is 125 cm³/mol. The number of nitrogens with one attached hydrogen (secondary N) is 2. The van der Waals surface area contributed by atoms with E-state index in [-0.39, 0.29) is 17.4 Å². The molecule has 8 heteroatoms. The van der Waals surface area contributed by atoms with Gasteiger partial charge in [-0.1, -0.05) is 48.0 Å². The highest BCUT2D eigenvalue weighted by Gasteiger charge is 2.08. The zero-order valence-corrected chi connectivity index (χ0v) is 18.7. The largest absolute Gasteiger partial charge is 0.483 e. The Morgan fingerprint density at radius 3 is 2.34 bits per heavy atom. The number of ether oxygens (including phenoxy) is 1. The molecule has 3 aromatic rings. The van der Waals surface area contributed by atoms with Crippen molar-refractivity contribution in [1.29, 1.82) is 0 Å². The van der Waals surface area contributed by atoms with Gasteiger partial charge in [-0.2, -0.15) is 0 Å². The number of primary sulfonamides is 1. The molecule has 3 aromatic carbocycles. The van der Waals surface area contributed by atoms with Gasteiger partial charge in [0.15, 0.2) is 6.61 Å². The van der Waals surface area contributed by atoms with Crippen LogP contribution in [0.3, 0.4) is 0 Å². The Hall–Kier alpha value is -3.20. The monoisotopic (exact) mass is 453 g/mol. The number of carbonyl (C=O) groups is 1. The van der Waals surface area contributed by atoms with Crippen molar-refractivity contribution in [2.75, 3.05) is 18.5 Å². The van der Waals surface area contributed by atoms with Gasteiger partial charge in [0.1, 0.15) is 5.75 Å². The highest BCUT2D eigenvalue weighted by molar-refractivity contribution is 7.89. The molecule has 0 unspecified atom stereocenters. The van der Waals surface area contributed by atoms with Crippen LogP contribution < -0.4 is 20.5 Å². The fourth-order valence-corrected chi connectivity index (χ4v) is 3.58. The van der Waals surface area contributed by atoms with E-state index in [1.54, 1.807) is 12.1 Å². The van der Waals surface area contributed by atoms with Gasteiger partial charge in [-0.3, -0.25) is 4.79 Å². The van der Waals surface area contributed by atoms with Gasteiger partial charge in [0.25, 0.3) is 5.91 Å². The minimum atomic E-state index is -3.67. The molecule has 0 fully saturated rings. The molecule has 0 aliphatic rings. The molecule has 0 aliphatic carbocycles. The average molecular weight is 454 g/mol. The van der Waals surface area contributed by atoms with Crippen molar-refractivity contribution in [2.45, 2.75) is 24.8 Å². The lowest BCUT2D eigenvalue weighted by Gasteiger charge is -2.12. The Labute approximate surface area is 188 Å². The molecule has 0 saturated heterocycles. The van der Waals surface area contributed by atoms with Gasteiger partial charge in [0, 0.05) is 17.8 Å². The Kier molecular flexibility index (Phi) is 7.99. The van der Waals surface area contributed by atoms with E-state index in [0.29, 0.717) is 18.8 Å². The topological polar surface area (TPSA) is 111 Å². The van der Waals surface area contributed by atoms with Gasteiger partial charge in [0.05, 0.1) is 4.90 Å². The average Bonchev–Trinajstić information content (AvgIpc) is 2.77. The molecule has 0 atom stereocenters. The summed E-state index contributed by atoms with van der Waals surface area (Å²) in [5.41, 5.74) is 3.81. The number of anilines is 1. The summed E-state index contributed by atoms with van der Waals surface area (Å²) in [6.07, 6.45) is 0.729. The Balaban J connectivity index is 1.46. The summed E-state index contributed by atoms with van der Waals surface area (Å²) < 4.78 is 28.4. The van der Waals surface area contributed by atoms with Gasteiger partial charge in [0.2, 0.25) is 10.0 Å². The Morgan fingerprint density at radius 1 is 0.969 bits per heavy atom. The predicted octanol–water partition coefficient (Wildman–Crippen LogP) is 2.99. The lowest BCUT2D eigenvalue weighted by Crippen LogP contribution is -2.21. The van der Waals surface area contributed by atoms with Crippen LogP contribution in [0.4, 0.5) is 5.69 Å². The molecular weight excluding hydrogens is 426 g/mol. The highest BCUT2D eigenvalue weighted by Crippen LogP contribution is 2.18. The van der Waals surface area contributed by atoms with Gasteiger partial charge in [-0.15, -0.1) is 0 Å². The Bertz CT molecular complexity index is 1140. The second kappa shape index (κ2) is 10.9. The first-order valence-electron chi connectivity index (χ1n) is 10.2. The molecule has 0 saturated carbocycles. The molecule has 3 rings (SSSR count). The standard InChI is InChI=1S/C24H27N3O4S/c1-18-6-10-21(11-7-18)27-24(28)17-31-23-5-3-2-4-20(23)16-26-15-14-19-8-12-22(13-9-19)32(25,29)30/h2-13,26H,14-17H2,1H3,(H,27,28)(H2,25,29,30). The van der Waals surface area contributed by atoms with Crippen LogP contribution in [0.1, 0.15) is 16.7 Å². The molecule has 0 heterocycles. The summed E-state index contributed by atoms with van der Waals surface area (Å²) in [5, 5.41) is 11.3. The summed E-state index contributed by atoms with van der Waals surface area (Å²) in [6, 6.07) is 21.7. The highest BCUT2D eigenvalue weighted by atomic mass is 32.2. The minimum Gasteiger partial charge on any atom is -0.483 e. The van der Waals surface area contributed by atoms with Crippen molar-refractivity contribution in [3.8, 4) is 5.75 Å². The molecule has 0 radical (unpaired) electrons. The molecule has 0 aliphatic heterocycles. The van der Waals surface area contributed by atoms with Gasteiger partial charge < -0.3 is 15.4 Å². The van der Waals surface area contributed by atoms with E-state index >= 15 is 0 Å². The third-order valence-corrected chi connectivity index (χ3v) is 5.75. The number of aryl methyl sites for hydroxylation is 1. The van der Waals surface area contributed by atoms with Gasteiger partial charge >= 0.3 is 0 Å². The summed E-state index contributed by atoms with van der Waals surface area (Å²) in [6.45, 7) is 3.17. The molecule has 168 valence electrons. The molecule has 32 heavy (non-hydrogen) atoms. The maximum atomic E-state index is 12.2. The van der Waals surface area contributed by atoms with Crippen LogP contribution in [0.2, 0.25) is 0 Å². The third kappa shape index (κ3) is 7.19. The zero-order chi connectivity index (χ0) is 23.0. The molecule has 4 N–H and O–H groups in total. The first-order valence-corrected chi connectivity index (χ1v) is 11.8. The van der Waals surface area contributed by atoms with Crippen LogP contribution >= 0.6 is 0 Å². The van der Waals surface area contributed by atoms with E-state index in [0.717, 1.165) is 28.8 Å². The van der Waals surface area contributed by atoms with Gasteiger partial charge in [-0.25, -0.2) is 13.6 Å². The number of amides is 1. The SMILES string of the molecule is Cc1ccc(NC(=O)COc2ccccc2CNCCc2ccc(S(N)(=O)=O)cc2)cc1. The fourth-order valence-electron chi connectivity index (χ4n) is 3.07. The number of carbonyl (C=O) groups excluding carboxylic acids is 1. The van der Waals surface area contributed by atoms with E-state index in [4.69, 9.17) is 9.88 Å². The van der Waals surface area contributed by atoms with Gasteiger partial charge in [-0.05, 0) is 55.8 Å². The second-order valence-corrected chi connectivity index (χ2v) is 8.99. The Morgan fingerprint density at radius 2 is 1.66 bits per heavy atom.